The van der Waals surface area contributed by atoms with E-state index in [9.17, 15) is 8.42 Å². The van der Waals surface area contributed by atoms with Gasteiger partial charge in [0.05, 0.1) is 5.75 Å². The Morgan fingerprint density at radius 1 is 1.25 bits per heavy atom. The summed E-state index contributed by atoms with van der Waals surface area (Å²) in [6, 6.07) is 6.94. The van der Waals surface area contributed by atoms with Gasteiger partial charge in [0.2, 0.25) is 10.0 Å². The SMILES string of the molecule is CC(C)(C)CCNS(=O)(=O)Cc1ccc(C(N)=S)cc1. The van der Waals surface area contributed by atoms with Crippen LogP contribution in [0.1, 0.15) is 38.3 Å². The molecule has 112 valence electrons. The average Bonchev–Trinajstić information content (AvgIpc) is 2.26. The fourth-order valence-corrected chi connectivity index (χ4v) is 2.90. The van der Waals surface area contributed by atoms with Crippen molar-refractivity contribution in [2.75, 3.05) is 6.54 Å². The van der Waals surface area contributed by atoms with Crippen molar-refractivity contribution in [2.24, 2.45) is 11.1 Å². The fraction of sp³-hybridized carbons (Fsp3) is 0.500. The van der Waals surface area contributed by atoms with Crippen LogP contribution in [0.3, 0.4) is 0 Å². The van der Waals surface area contributed by atoms with Crippen LogP contribution in [0.15, 0.2) is 24.3 Å². The largest absolute Gasteiger partial charge is 0.389 e. The number of hydrogen-bond donors (Lipinski definition) is 2. The van der Waals surface area contributed by atoms with Gasteiger partial charge in [-0.25, -0.2) is 13.1 Å². The lowest BCUT2D eigenvalue weighted by Gasteiger charge is -2.18. The van der Waals surface area contributed by atoms with Gasteiger partial charge in [0.25, 0.3) is 0 Å². The Hall–Kier alpha value is -0.980. The summed E-state index contributed by atoms with van der Waals surface area (Å²) in [7, 11) is -3.30. The summed E-state index contributed by atoms with van der Waals surface area (Å²) in [5, 5.41) is 0. The van der Waals surface area contributed by atoms with E-state index in [0.29, 0.717) is 17.1 Å². The zero-order chi connectivity index (χ0) is 15.4. The molecule has 0 saturated carbocycles. The number of benzene rings is 1. The van der Waals surface area contributed by atoms with Crippen LogP contribution in [0.2, 0.25) is 0 Å². The van der Waals surface area contributed by atoms with Gasteiger partial charge < -0.3 is 5.73 Å². The van der Waals surface area contributed by atoms with Gasteiger partial charge in [0, 0.05) is 12.1 Å². The van der Waals surface area contributed by atoms with Crippen molar-refractivity contribution < 1.29 is 8.42 Å². The molecule has 6 heteroatoms. The number of rotatable bonds is 6. The molecule has 0 aromatic heterocycles. The normalized spacial score (nSPS) is 12.3. The molecule has 0 heterocycles. The predicted molar refractivity (Wildman–Crippen MR) is 87.0 cm³/mol. The summed E-state index contributed by atoms with van der Waals surface area (Å²) >= 11 is 4.85. The molecule has 0 aliphatic rings. The highest BCUT2D eigenvalue weighted by molar-refractivity contribution is 7.88. The maximum absolute atomic E-state index is 11.9. The van der Waals surface area contributed by atoms with Gasteiger partial charge >= 0.3 is 0 Å². The highest BCUT2D eigenvalue weighted by Crippen LogP contribution is 2.17. The molecule has 0 radical (unpaired) electrons. The minimum atomic E-state index is -3.30. The van der Waals surface area contributed by atoms with E-state index in [1.54, 1.807) is 24.3 Å². The van der Waals surface area contributed by atoms with Crippen molar-refractivity contribution in [2.45, 2.75) is 32.9 Å². The zero-order valence-corrected chi connectivity index (χ0v) is 13.8. The van der Waals surface area contributed by atoms with Crippen LogP contribution in [0.5, 0.6) is 0 Å². The molecule has 0 spiro atoms. The maximum atomic E-state index is 11.9. The topological polar surface area (TPSA) is 72.2 Å². The predicted octanol–water partition coefficient (Wildman–Crippen LogP) is 2.18. The molecule has 1 aromatic carbocycles. The molecule has 4 nitrogen and oxygen atoms in total. The van der Waals surface area contributed by atoms with E-state index in [0.717, 1.165) is 12.0 Å². The second kappa shape index (κ2) is 6.65. The number of sulfonamides is 1. The quantitative estimate of drug-likeness (QED) is 0.789. The molecule has 0 aliphatic heterocycles. The summed E-state index contributed by atoms with van der Waals surface area (Å²) in [6.45, 7) is 6.69. The van der Waals surface area contributed by atoms with Gasteiger partial charge in [-0.2, -0.15) is 0 Å². The minimum absolute atomic E-state index is 0.0330. The first-order valence-electron chi connectivity index (χ1n) is 6.45. The monoisotopic (exact) mass is 314 g/mol. The first-order chi connectivity index (χ1) is 9.09. The van der Waals surface area contributed by atoms with Crippen LogP contribution >= 0.6 is 12.2 Å². The smallest absolute Gasteiger partial charge is 0.215 e. The minimum Gasteiger partial charge on any atom is -0.389 e. The summed E-state index contributed by atoms with van der Waals surface area (Å²) in [5.74, 6) is -0.0330. The van der Waals surface area contributed by atoms with Crippen molar-refractivity contribution in [1.82, 2.24) is 4.72 Å². The average molecular weight is 314 g/mol. The molecule has 1 rings (SSSR count). The molecule has 0 amide bonds. The lowest BCUT2D eigenvalue weighted by Crippen LogP contribution is -2.28. The first kappa shape index (κ1) is 17.1. The van der Waals surface area contributed by atoms with E-state index in [2.05, 4.69) is 25.5 Å². The van der Waals surface area contributed by atoms with Crippen molar-refractivity contribution in [1.29, 1.82) is 0 Å². The van der Waals surface area contributed by atoms with Gasteiger partial charge in [-0.05, 0) is 17.4 Å². The van der Waals surface area contributed by atoms with Gasteiger partial charge in [-0.15, -0.1) is 0 Å². The Morgan fingerprint density at radius 3 is 2.25 bits per heavy atom. The Balaban J connectivity index is 2.60. The summed E-state index contributed by atoms with van der Waals surface area (Å²) < 4.78 is 26.5. The van der Waals surface area contributed by atoms with Crippen molar-refractivity contribution in [3.8, 4) is 0 Å². The van der Waals surface area contributed by atoms with E-state index >= 15 is 0 Å². The molecule has 0 bridgehead atoms. The third-order valence-electron chi connectivity index (χ3n) is 2.79. The number of thiocarbonyl (C=S) groups is 1. The van der Waals surface area contributed by atoms with Crippen LogP contribution in [0.25, 0.3) is 0 Å². The van der Waals surface area contributed by atoms with E-state index in [4.69, 9.17) is 18.0 Å². The van der Waals surface area contributed by atoms with Crippen molar-refractivity contribution in [3.63, 3.8) is 0 Å². The molecule has 0 aliphatic carbocycles. The molecule has 0 fully saturated rings. The molecule has 0 atom stereocenters. The molecular formula is C14H22N2O2S2. The Morgan fingerprint density at radius 2 is 1.80 bits per heavy atom. The second-order valence-corrected chi connectivity index (χ2v) is 8.27. The first-order valence-corrected chi connectivity index (χ1v) is 8.51. The van der Waals surface area contributed by atoms with Crippen LogP contribution < -0.4 is 10.5 Å². The molecule has 3 N–H and O–H groups in total. The van der Waals surface area contributed by atoms with E-state index < -0.39 is 10.0 Å². The highest BCUT2D eigenvalue weighted by atomic mass is 32.2. The summed E-state index contributed by atoms with van der Waals surface area (Å²) in [6.07, 6.45) is 0.798. The maximum Gasteiger partial charge on any atom is 0.215 e. The lowest BCUT2D eigenvalue weighted by atomic mass is 9.93. The van der Waals surface area contributed by atoms with Crippen LogP contribution in [-0.4, -0.2) is 20.0 Å². The number of hydrogen-bond acceptors (Lipinski definition) is 3. The number of nitrogens with two attached hydrogens (primary N) is 1. The molecule has 1 aromatic rings. The van der Waals surface area contributed by atoms with Gasteiger partial charge in [-0.1, -0.05) is 57.3 Å². The summed E-state index contributed by atoms with van der Waals surface area (Å²) in [5.41, 5.74) is 7.06. The Labute approximate surface area is 126 Å². The zero-order valence-electron chi connectivity index (χ0n) is 12.1. The molecule has 0 unspecified atom stereocenters. The third kappa shape index (κ3) is 6.45. The Bertz CT molecular complexity index is 558. The van der Waals surface area contributed by atoms with Gasteiger partial charge in [0.15, 0.2) is 0 Å². The molecular weight excluding hydrogens is 292 g/mol. The standard InChI is InChI=1S/C14H22N2O2S2/c1-14(2,3)8-9-16-20(17,18)10-11-4-6-12(7-5-11)13(15)19/h4-7,16H,8-10H2,1-3H3,(H2,15,19). The van der Waals surface area contributed by atoms with Crippen molar-refractivity contribution in [3.05, 3.63) is 35.4 Å². The summed E-state index contributed by atoms with van der Waals surface area (Å²) in [4.78, 5) is 0.308. The van der Waals surface area contributed by atoms with E-state index in [1.807, 2.05) is 0 Å². The fourth-order valence-electron chi connectivity index (χ4n) is 1.62. The second-order valence-electron chi connectivity index (χ2n) is 6.03. The Kier molecular flexibility index (Phi) is 5.68. The van der Waals surface area contributed by atoms with Crippen LogP contribution in [-0.2, 0) is 15.8 Å². The van der Waals surface area contributed by atoms with Crippen molar-refractivity contribution >= 4 is 27.2 Å². The van der Waals surface area contributed by atoms with Crippen LogP contribution in [0.4, 0.5) is 0 Å². The third-order valence-corrected chi connectivity index (χ3v) is 4.39. The van der Waals surface area contributed by atoms with Crippen LogP contribution in [0, 0.1) is 5.41 Å². The lowest BCUT2D eigenvalue weighted by molar-refractivity contribution is 0.378. The van der Waals surface area contributed by atoms with E-state index in [1.165, 1.54) is 0 Å². The van der Waals surface area contributed by atoms with Gasteiger partial charge in [0.1, 0.15) is 4.99 Å². The molecule has 20 heavy (non-hydrogen) atoms. The number of nitrogens with one attached hydrogen (secondary N) is 1. The molecule has 0 saturated heterocycles. The van der Waals surface area contributed by atoms with E-state index in [-0.39, 0.29) is 11.2 Å². The highest BCUT2D eigenvalue weighted by Gasteiger charge is 2.14. The van der Waals surface area contributed by atoms with Gasteiger partial charge in [-0.3, -0.25) is 0 Å².